The lowest BCUT2D eigenvalue weighted by Crippen LogP contribution is -2.00. The minimum atomic E-state index is -0.624. The van der Waals surface area contributed by atoms with Crippen molar-refractivity contribution in [2.45, 2.75) is 6.10 Å². The van der Waals surface area contributed by atoms with Gasteiger partial charge in [0, 0.05) is 8.95 Å². The van der Waals surface area contributed by atoms with Gasteiger partial charge in [-0.2, -0.15) is 0 Å². The van der Waals surface area contributed by atoms with E-state index in [1.807, 2.05) is 54.6 Å². The number of hydrogen-bond donors (Lipinski definition) is 1. The summed E-state index contributed by atoms with van der Waals surface area (Å²) in [4.78, 5) is 0. The molecule has 0 aliphatic carbocycles. The zero-order valence-electron chi connectivity index (χ0n) is 10.6. The van der Waals surface area contributed by atoms with Crippen LogP contribution in [0, 0.1) is 0 Å². The first-order valence-electron chi connectivity index (χ1n) is 6.27. The lowest BCUT2D eigenvalue weighted by molar-refractivity contribution is 0.222. The van der Waals surface area contributed by atoms with Crippen molar-refractivity contribution in [3.63, 3.8) is 0 Å². The van der Waals surface area contributed by atoms with Crippen molar-refractivity contribution < 1.29 is 5.11 Å². The quantitative estimate of drug-likeness (QED) is 0.616. The number of fused-ring (bicyclic) bond motifs is 1. The summed E-state index contributed by atoms with van der Waals surface area (Å²) >= 11 is 6.97. The van der Waals surface area contributed by atoms with E-state index >= 15 is 0 Å². The molecule has 0 radical (unpaired) electrons. The van der Waals surface area contributed by atoms with Gasteiger partial charge in [-0.15, -0.1) is 0 Å². The second kappa shape index (κ2) is 5.68. The Morgan fingerprint density at radius 3 is 2.10 bits per heavy atom. The van der Waals surface area contributed by atoms with Crippen molar-refractivity contribution in [2.24, 2.45) is 0 Å². The summed E-state index contributed by atoms with van der Waals surface area (Å²) in [5, 5.41) is 12.8. The largest absolute Gasteiger partial charge is 0.384 e. The Hall–Kier alpha value is -1.16. The number of aliphatic hydroxyl groups is 1. The van der Waals surface area contributed by atoms with Crippen LogP contribution in [0.15, 0.2) is 69.6 Å². The Labute approximate surface area is 134 Å². The third-order valence-corrected chi connectivity index (χ3v) is 4.61. The van der Waals surface area contributed by atoms with Crippen LogP contribution in [0.2, 0.25) is 0 Å². The number of benzene rings is 3. The van der Waals surface area contributed by atoms with Gasteiger partial charge in [0.2, 0.25) is 0 Å². The van der Waals surface area contributed by atoms with Gasteiger partial charge in [0.1, 0.15) is 6.10 Å². The molecule has 3 rings (SSSR count). The van der Waals surface area contributed by atoms with Crippen LogP contribution in [-0.2, 0) is 0 Å². The molecule has 1 nitrogen and oxygen atoms in total. The number of hydrogen-bond acceptors (Lipinski definition) is 1. The lowest BCUT2D eigenvalue weighted by Gasteiger charge is -2.15. The highest BCUT2D eigenvalue weighted by atomic mass is 79.9. The SMILES string of the molecule is OC(c1ccc(Br)cc1)c1ccc(Br)c2ccccc12. The minimum Gasteiger partial charge on any atom is -0.384 e. The predicted octanol–water partition coefficient (Wildman–Crippen LogP) is 5.45. The summed E-state index contributed by atoms with van der Waals surface area (Å²) in [6.07, 6.45) is -0.624. The van der Waals surface area contributed by atoms with E-state index in [1.165, 1.54) is 0 Å². The van der Waals surface area contributed by atoms with E-state index < -0.39 is 6.10 Å². The Morgan fingerprint density at radius 1 is 0.750 bits per heavy atom. The molecular weight excluding hydrogens is 380 g/mol. The summed E-state index contributed by atoms with van der Waals surface area (Å²) in [6.45, 7) is 0. The summed E-state index contributed by atoms with van der Waals surface area (Å²) in [6, 6.07) is 19.8. The van der Waals surface area contributed by atoms with Crippen molar-refractivity contribution in [3.05, 3.63) is 80.7 Å². The van der Waals surface area contributed by atoms with Crippen LogP contribution in [0.4, 0.5) is 0 Å². The molecule has 0 bridgehead atoms. The molecule has 0 saturated heterocycles. The van der Waals surface area contributed by atoms with Crippen molar-refractivity contribution >= 4 is 42.6 Å². The standard InChI is InChI=1S/C17H12Br2O/c18-12-7-5-11(6-8-12)17(20)15-9-10-16(19)14-4-2-1-3-13(14)15/h1-10,17,20H. The van der Waals surface area contributed by atoms with Gasteiger partial charge in [0.25, 0.3) is 0 Å². The van der Waals surface area contributed by atoms with E-state index in [-0.39, 0.29) is 0 Å². The van der Waals surface area contributed by atoms with Crippen molar-refractivity contribution in [1.82, 2.24) is 0 Å². The van der Waals surface area contributed by atoms with Crippen LogP contribution in [0.25, 0.3) is 10.8 Å². The van der Waals surface area contributed by atoms with Gasteiger partial charge < -0.3 is 5.11 Å². The first-order chi connectivity index (χ1) is 9.66. The summed E-state index contributed by atoms with van der Waals surface area (Å²) in [5.41, 5.74) is 1.81. The van der Waals surface area contributed by atoms with Crippen LogP contribution in [0.3, 0.4) is 0 Å². The maximum atomic E-state index is 10.6. The van der Waals surface area contributed by atoms with Crippen LogP contribution < -0.4 is 0 Å². The Bertz CT molecular complexity index is 751. The monoisotopic (exact) mass is 390 g/mol. The van der Waals surface area contributed by atoms with Gasteiger partial charge in [-0.25, -0.2) is 0 Å². The number of aliphatic hydroxyl groups excluding tert-OH is 1. The van der Waals surface area contributed by atoms with Gasteiger partial charge in [-0.3, -0.25) is 0 Å². The normalized spacial score (nSPS) is 12.6. The average Bonchev–Trinajstić information content (AvgIpc) is 2.48. The molecule has 0 aliphatic rings. The first kappa shape index (κ1) is 13.8. The molecule has 1 unspecified atom stereocenters. The molecule has 1 N–H and O–H groups in total. The molecule has 20 heavy (non-hydrogen) atoms. The van der Waals surface area contributed by atoms with E-state index in [4.69, 9.17) is 0 Å². The zero-order chi connectivity index (χ0) is 14.1. The Kier molecular flexibility index (Phi) is 3.92. The summed E-state index contributed by atoms with van der Waals surface area (Å²) < 4.78 is 2.05. The fourth-order valence-corrected chi connectivity index (χ4v) is 3.09. The molecule has 0 fully saturated rings. The zero-order valence-corrected chi connectivity index (χ0v) is 13.7. The highest BCUT2D eigenvalue weighted by Crippen LogP contribution is 2.33. The Balaban J connectivity index is 2.14. The van der Waals surface area contributed by atoms with Crippen molar-refractivity contribution in [3.8, 4) is 0 Å². The maximum absolute atomic E-state index is 10.6. The molecule has 0 saturated carbocycles. The van der Waals surface area contributed by atoms with Crippen LogP contribution >= 0.6 is 31.9 Å². The lowest BCUT2D eigenvalue weighted by atomic mass is 9.96. The average molecular weight is 392 g/mol. The molecule has 0 spiro atoms. The molecule has 3 aromatic carbocycles. The molecular formula is C17H12Br2O. The van der Waals surface area contributed by atoms with Crippen LogP contribution in [0.1, 0.15) is 17.2 Å². The van der Waals surface area contributed by atoms with Gasteiger partial charge in [0.05, 0.1) is 0 Å². The molecule has 1 atom stereocenters. The highest BCUT2D eigenvalue weighted by molar-refractivity contribution is 9.11. The minimum absolute atomic E-state index is 0.624. The number of halogens is 2. The van der Waals surface area contributed by atoms with Crippen molar-refractivity contribution in [2.75, 3.05) is 0 Å². The molecule has 3 heteroatoms. The smallest absolute Gasteiger partial charge is 0.105 e. The topological polar surface area (TPSA) is 20.2 Å². The maximum Gasteiger partial charge on any atom is 0.105 e. The van der Waals surface area contributed by atoms with E-state index in [9.17, 15) is 5.11 Å². The molecule has 3 aromatic rings. The molecule has 0 heterocycles. The predicted molar refractivity (Wildman–Crippen MR) is 89.9 cm³/mol. The summed E-state index contributed by atoms with van der Waals surface area (Å²) in [7, 11) is 0. The number of rotatable bonds is 2. The van der Waals surface area contributed by atoms with Gasteiger partial charge >= 0.3 is 0 Å². The molecule has 100 valence electrons. The van der Waals surface area contributed by atoms with Gasteiger partial charge in [-0.05, 0) is 40.1 Å². The third-order valence-electron chi connectivity index (χ3n) is 3.38. The van der Waals surface area contributed by atoms with Crippen LogP contribution in [0.5, 0.6) is 0 Å². The Morgan fingerprint density at radius 2 is 1.40 bits per heavy atom. The van der Waals surface area contributed by atoms with Gasteiger partial charge in [0.15, 0.2) is 0 Å². The third kappa shape index (κ3) is 2.53. The van der Waals surface area contributed by atoms with E-state index in [0.29, 0.717) is 0 Å². The van der Waals surface area contributed by atoms with E-state index in [2.05, 4.69) is 37.9 Å². The van der Waals surface area contributed by atoms with Crippen LogP contribution in [-0.4, -0.2) is 5.11 Å². The molecule has 0 aliphatic heterocycles. The van der Waals surface area contributed by atoms with E-state index in [0.717, 1.165) is 30.8 Å². The fourth-order valence-electron chi connectivity index (χ4n) is 2.35. The second-order valence-corrected chi connectivity index (χ2v) is 6.41. The van der Waals surface area contributed by atoms with Crippen molar-refractivity contribution in [1.29, 1.82) is 0 Å². The first-order valence-corrected chi connectivity index (χ1v) is 7.86. The molecule has 0 aromatic heterocycles. The van der Waals surface area contributed by atoms with Gasteiger partial charge in [-0.1, -0.05) is 74.3 Å². The highest BCUT2D eigenvalue weighted by Gasteiger charge is 2.14. The molecule has 0 amide bonds. The fraction of sp³-hybridized carbons (Fsp3) is 0.0588. The van der Waals surface area contributed by atoms with E-state index in [1.54, 1.807) is 0 Å². The summed E-state index contributed by atoms with van der Waals surface area (Å²) in [5.74, 6) is 0. The second-order valence-electron chi connectivity index (χ2n) is 4.64.